The van der Waals surface area contributed by atoms with Gasteiger partial charge in [0.2, 0.25) is 0 Å². The monoisotopic (exact) mass is 609 g/mol. The number of fused-ring (bicyclic) bond motifs is 3. The van der Waals surface area contributed by atoms with Crippen molar-refractivity contribution in [2.75, 3.05) is 0 Å². The molecule has 0 spiro atoms. The third kappa shape index (κ3) is 4.65. The molecule has 0 N–H and O–H groups in total. The second-order valence-corrected chi connectivity index (χ2v) is 12.9. The molecule has 0 saturated heterocycles. The van der Waals surface area contributed by atoms with Crippen LogP contribution in [0.3, 0.4) is 0 Å². The van der Waals surface area contributed by atoms with Crippen LogP contribution in [0.4, 0.5) is 0 Å². The quantitative estimate of drug-likeness (QED) is 0.198. The van der Waals surface area contributed by atoms with Crippen LogP contribution in [0.25, 0.3) is 56.2 Å². The molecule has 0 bridgehead atoms. The lowest BCUT2D eigenvalue weighted by molar-refractivity contribution is 0.605. The van der Waals surface area contributed by atoms with Crippen molar-refractivity contribution in [1.29, 1.82) is 5.26 Å². The van der Waals surface area contributed by atoms with Crippen LogP contribution in [0, 0.1) is 11.3 Å². The van der Waals surface area contributed by atoms with Gasteiger partial charge in [0.25, 0.3) is 0 Å². The summed E-state index contributed by atoms with van der Waals surface area (Å²) in [7, 11) is 0. The van der Waals surface area contributed by atoms with Crippen LogP contribution in [0.1, 0.15) is 30.5 Å². The van der Waals surface area contributed by atoms with Gasteiger partial charge in [0.15, 0.2) is 17.5 Å². The molecule has 0 amide bonds. The Bertz CT molecular complexity index is 2320. The Morgan fingerprint density at radius 3 is 2.04 bits per heavy atom. The maximum Gasteiger partial charge on any atom is 0.165 e. The first kappa shape index (κ1) is 27.9. The summed E-state index contributed by atoms with van der Waals surface area (Å²) in [6.45, 7) is 4.38. The normalized spacial score (nSPS) is 13.1. The van der Waals surface area contributed by atoms with Gasteiger partial charge in [-0.3, -0.25) is 4.98 Å². The van der Waals surface area contributed by atoms with E-state index in [1.807, 2.05) is 54.7 Å². The summed E-state index contributed by atoms with van der Waals surface area (Å²) in [4.78, 5) is 22.0. The van der Waals surface area contributed by atoms with Gasteiger partial charge in [-0.1, -0.05) is 129 Å². The largest absolute Gasteiger partial charge is 0.256 e. The van der Waals surface area contributed by atoms with E-state index in [4.69, 9.17) is 15.0 Å². The summed E-state index contributed by atoms with van der Waals surface area (Å²) in [6.07, 6.45) is 1.83. The van der Waals surface area contributed by atoms with Crippen LogP contribution < -0.4 is 0 Å². The molecule has 2 aromatic heterocycles. The van der Waals surface area contributed by atoms with Crippen LogP contribution >= 0.6 is 11.8 Å². The Hall–Kier alpha value is -5.64. The number of pyridine rings is 1. The smallest absolute Gasteiger partial charge is 0.165 e. The topological polar surface area (TPSA) is 75.3 Å². The Morgan fingerprint density at radius 1 is 0.609 bits per heavy atom. The number of hydrogen-bond donors (Lipinski definition) is 0. The summed E-state index contributed by atoms with van der Waals surface area (Å²) in [6, 6.07) is 43.4. The highest BCUT2D eigenvalue weighted by molar-refractivity contribution is 7.99. The van der Waals surface area contributed by atoms with Crippen molar-refractivity contribution in [3.8, 4) is 51.4 Å². The highest BCUT2D eigenvalue weighted by Crippen LogP contribution is 2.52. The number of benzene rings is 5. The molecule has 0 radical (unpaired) electrons. The average molecular weight is 610 g/mol. The molecule has 5 nitrogen and oxygen atoms in total. The lowest BCUT2D eigenvalue weighted by atomic mass is 9.75. The average Bonchev–Trinajstić information content (AvgIpc) is 3.11. The molecular formula is C40H27N5S. The van der Waals surface area contributed by atoms with Gasteiger partial charge in [0.1, 0.15) is 0 Å². The molecule has 5 aromatic carbocycles. The molecule has 0 saturated carbocycles. The van der Waals surface area contributed by atoms with Crippen molar-refractivity contribution in [1.82, 2.24) is 19.9 Å². The predicted octanol–water partition coefficient (Wildman–Crippen LogP) is 9.75. The lowest BCUT2D eigenvalue weighted by Gasteiger charge is -2.36. The third-order valence-corrected chi connectivity index (χ3v) is 9.87. The van der Waals surface area contributed by atoms with Gasteiger partial charge in [-0.05, 0) is 34.9 Å². The standard InChI is InChI=1S/C40H27N5S/c1-40(2)32-17-8-16-31(36(32)46-33-18-7-13-29(24-41)34(33)40)39-44-37(27-10-4-3-5-11-27)43-38(45-39)28-21-19-25(20-22-28)30-15-6-12-26-14-9-23-42-35(26)30/h3-23H,1-2H3. The molecule has 3 heterocycles. The summed E-state index contributed by atoms with van der Waals surface area (Å²) >= 11 is 1.68. The van der Waals surface area contributed by atoms with Crippen molar-refractivity contribution < 1.29 is 0 Å². The highest BCUT2D eigenvalue weighted by Gasteiger charge is 2.36. The summed E-state index contributed by atoms with van der Waals surface area (Å²) in [5.41, 5.74) is 8.47. The van der Waals surface area contributed by atoms with E-state index < -0.39 is 0 Å². The zero-order chi connectivity index (χ0) is 31.3. The van der Waals surface area contributed by atoms with Gasteiger partial charge >= 0.3 is 0 Å². The first-order chi connectivity index (χ1) is 22.5. The maximum absolute atomic E-state index is 9.92. The lowest BCUT2D eigenvalue weighted by Crippen LogP contribution is -2.25. The fraction of sp³-hybridized carbons (Fsp3) is 0.0750. The van der Waals surface area contributed by atoms with Gasteiger partial charge in [0, 0.05) is 49.0 Å². The summed E-state index contributed by atoms with van der Waals surface area (Å²) in [5, 5.41) is 11.0. The fourth-order valence-corrected chi connectivity index (χ4v) is 7.93. The fourth-order valence-electron chi connectivity index (χ4n) is 6.39. The molecule has 7 aromatic rings. The van der Waals surface area contributed by atoms with E-state index in [9.17, 15) is 5.26 Å². The van der Waals surface area contributed by atoms with Crippen LogP contribution in [0.2, 0.25) is 0 Å². The minimum Gasteiger partial charge on any atom is -0.256 e. The van der Waals surface area contributed by atoms with Gasteiger partial charge in [0.05, 0.1) is 17.1 Å². The second kappa shape index (κ2) is 11.1. The van der Waals surface area contributed by atoms with Crippen molar-refractivity contribution in [2.24, 2.45) is 0 Å². The molecular weight excluding hydrogens is 583 g/mol. The van der Waals surface area contributed by atoms with Crippen molar-refractivity contribution in [3.05, 3.63) is 144 Å². The molecule has 218 valence electrons. The van der Waals surface area contributed by atoms with E-state index in [2.05, 4.69) is 97.7 Å². The summed E-state index contributed by atoms with van der Waals surface area (Å²) in [5.74, 6) is 1.84. The van der Waals surface area contributed by atoms with Crippen LogP contribution in [-0.2, 0) is 5.41 Å². The third-order valence-electron chi connectivity index (χ3n) is 8.67. The van der Waals surface area contributed by atoms with Gasteiger partial charge in [-0.2, -0.15) is 5.26 Å². The van der Waals surface area contributed by atoms with Crippen LogP contribution in [-0.4, -0.2) is 19.9 Å². The Kier molecular flexibility index (Phi) is 6.70. The van der Waals surface area contributed by atoms with E-state index in [1.165, 1.54) is 0 Å². The Balaban J connectivity index is 1.27. The van der Waals surface area contributed by atoms with Gasteiger partial charge in [-0.25, -0.2) is 15.0 Å². The van der Waals surface area contributed by atoms with E-state index in [0.717, 1.165) is 59.6 Å². The molecule has 6 heteroatoms. The van der Waals surface area contributed by atoms with E-state index >= 15 is 0 Å². The Morgan fingerprint density at radius 2 is 1.26 bits per heavy atom. The van der Waals surface area contributed by atoms with Crippen molar-refractivity contribution >= 4 is 22.7 Å². The highest BCUT2D eigenvalue weighted by atomic mass is 32.2. The van der Waals surface area contributed by atoms with Gasteiger partial charge in [-0.15, -0.1) is 0 Å². The van der Waals surface area contributed by atoms with E-state index in [1.54, 1.807) is 11.8 Å². The zero-order valence-electron chi connectivity index (χ0n) is 25.3. The molecule has 46 heavy (non-hydrogen) atoms. The number of rotatable bonds is 4. The molecule has 0 fully saturated rings. The minimum atomic E-state index is -0.372. The second-order valence-electron chi connectivity index (χ2n) is 11.8. The maximum atomic E-state index is 9.92. The summed E-state index contributed by atoms with van der Waals surface area (Å²) < 4.78 is 0. The number of aromatic nitrogens is 4. The van der Waals surface area contributed by atoms with E-state index in [0.29, 0.717) is 23.0 Å². The number of nitrogens with zero attached hydrogens (tertiary/aromatic N) is 5. The minimum absolute atomic E-state index is 0.372. The van der Waals surface area contributed by atoms with Crippen molar-refractivity contribution in [2.45, 2.75) is 29.1 Å². The SMILES string of the molecule is CC1(C)c2cccc(-c3nc(-c4ccccc4)nc(-c4ccc(-c5cccc6cccnc56)cc4)n3)c2Sc2cccc(C#N)c21. The molecule has 8 rings (SSSR count). The number of nitriles is 1. The molecule has 0 unspecified atom stereocenters. The number of para-hydroxylation sites is 1. The molecule has 1 aliphatic heterocycles. The Labute approximate surface area is 271 Å². The van der Waals surface area contributed by atoms with E-state index in [-0.39, 0.29) is 5.41 Å². The first-order valence-electron chi connectivity index (χ1n) is 15.1. The van der Waals surface area contributed by atoms with Crippen LogP contribution in [0.15, 0.2) is 137 Å². The first-order valence-corrected chi connectivity index (χ1v) is 15.9. The molecule has 0 atom stereocenters. The number of hydrogen-bond acceptors (Lipinski definition) is 6. The predicted molar refractivity (Wildman–Crippen MR) is 184 cm³/mol. The zero-order valence-corrected chi connectivity index (χ0v) is 26.1. The van der Waals surface area contributed by atoms with Crippen LogP contribution in [0.5, 0.6) is 0 Å². The van der Waals surface area contributed by atoms with Crippen molar-refractivity contribution in [3.63, 3.8) is 0 Å². The van der Waals surface area contributed by atoms with Gasteiger partial charge < -0.3 is 0 Å². The molecule has 0 aliphatic carbocycles. The molecule has 1 aliphatic rings.